The van der Waals surface area contributed by atoms with E-state index in [9.17, 15) is 0 Å². The topological polar surface area (TPSA) is 0 Å². The largest absolute Gasteiger partial charge is 0.344 e. The predicted octanol–water partition coefficient (Wildman–Crippen LogP) is 2.61. The fourth-order valence-corrected chi connectivity index (χ4v) is 1.38. The molecule has 0 aliphatic heterocycles. The molecule has 0 atom stereocenters. The monoisotopic (exact) mass is 225 g/mol. The Morgan fingerprint density at radius 2 is 2.10 bits per heavy atom. The number of rotatable bonds is 1. The molecule has 0 unspecified atom stereocenters. The average Bonchev–Trinajstić information content (AvgIpc) is 2.15. The summed E-state index contributed by atoms with van der Waals surface area (Å²) < 4.78 is 0. The van der Waals surface area contributed by atoms with Crippen molar-refractivity contribution >= 4 is 17.4 Å². The molecular weight excluding hydrogens is 217 g/mol. The van der Waals surface area contributed by atoms with Crippen molar-refractivity contribution in [2.75, 3.05) is 0 Å². The summed E-state index contributed by atoms with van der Waals surface area (Å²) in [5.41, 5.74) is 2.29. The van der Waals surface area contributed by atoms with Gasteiger partial charge in [-0.1, -0.05) is 13.8 Å². The molecule has 0 N–H and O–H groups in total. The van der Waals surface area contributed by atoms with Crippen molar-refractivity contribution in [3.8, 4) is 0 Å². The van der Waals surface area contributed by atoms with E-state index in [-0.39, 0.29) is 32.7 Å². The zero-order valence-corrected chi connectivity index (χ0v) is 9.80. The van der Waals surface area contributed by atoms with E-state index in [1.54, 1.807) is 17.4 Å². The van der Waals surface area contributed by atoms with Gasteiger partial charge in [-0.2, -0.15) is 5.38 Å². The Hall–Kier alpha value is 0.544. The smallest absolute Gasteiger partial charge is 0 e. The minimum Gasteiger partial charge on any atom is -0.344 e. The van der Waals surface area contributed by atoms with Gasteiger partial charge in [0.15, 0.2) is 0 Å². The van der Waals surface area contributed by atoms with Crippen molar-refractivity contribution in [1.29, 1.82) is 0 Å². The molecule has 1 heterocycles. The summed E-state index contributed by atoms with van der Waals surface area (Å²) >= 11 is 1.62. The van der Waals surface area contributed by atoms with Gasteiger partial charge in [-0.25, -0.2) is 5.56 Å². The van der Waals surface area contributed by atoms with Crippen LogP contribution < -0.4 is 0 Å². The fourth-order valence-electron chi connectivity index (χ4n) is 0.633. The van der Waals surface area contributed by atoms with E-state index >= 15 is 0 Å². The van der Waals surface area contributed by atoms with E-state index < -0.39 is 0 Å². The molecule has 0 aliphatic carbocycles. The van der Waals surface area contributed by atoms with Crippen LogP contribution in [0, 0.1) is 25.8 Å². The summed E-state index contributed by atoms with van der Waals surface area (Å²) in [6.07, 6.45) is 1.60. The van der Waals surface area contributed by atoms with Gasteiger partial charge in [-0.15, -0.1) is 4.88 Å². The number of thiophene rings is 1. The number of hydrogen-bond donors (Lipinski definition) is 0. The molecule has 1 aromatic heterocycles. The second-order valence-electron chi connectivity index (χ2n) is 1.97. The van der Waals surface area contributed by atoms with E-state index in [4.69, 9.17) is 6.58 Å². The summed E-state index contributed by atoms with van der Waals surface area (Å²) in [6.45, 7) is 9.44. The second-order valence-corrected chi connectivity index (χ2v) is 2.99. The van der Waals surface area contributed by atoms with Crippen LogP contribution in [0.2, 0.25) is 0 Å². The molecular formula is C8H8SY-2. The van der Waals surface area contributed by atoms with E-state index in [2.05, 4.69) is 19.2 Å². The molecule has 0 saturated carbocycles. The van der Waals surface area contributed by atoms with Crippen LogP contribution in [0.3, 0.4) is 0 Å². The molecule has 0 nitrogen and oxygen atoms in total. The van der Waals surface area contributed by atoms with Crippen LogP contribution in [0.15, 0.2) is 0 Å². The third kappa shape index (κ3) is 2.01. The Bertz CT molecular complexity index is 225. The molecule has 0 bridgehead atoms. The molecule has 0 saturated heterocycles. The SMILES string of the molecule is [CH-]=Cc1[c-]sc(C)c1C.[Y]. The summed E-state index contributed by atoms with van der Waals surface area (Å²) in [4.78, 5) is 1.30. The first-order chi connectivity index (χ1) is 4.25. The fraction of sp³-hybridized carbons (Fsp3) is 0.250. The number of aryl methyl sites for hydroxylation is 1. The summed E-state index contributed by atoms with van der Waals surface area (Å²) in [5, 5.41) is 3.08. The van der Waals surface area contributed by atoms with E-state index in [0.29, 0.717) is 0 Å². The van der Waals surface area contributed by atoms with Crippen molar-refractivity contribution in [3.05, 3.63) is 28.0 Å². The van der Waals surface area contributed by atoms with Gasteiger partial charge in [0.1, 0.15) is 0 Å². The first-order valence-electron chi connectivity index (χ1n) is 2.78. The normalized spacial score (nSPS) is 8.60. The van der Waals surface area contributed by atoms with E-state index in [1.165, 1.54) is 10.4 Å². The Morgan fingerprint density at radius 3 is 2.30 bits per heavy atom. The van der Waals surface area contributed by atoms with Gasteiger partial charge >= 0.3 is 0 Å². The predicted molar refractivity (Wildman–Crippen MR) is 41.4 cm³/mol. The maximum Gasteiger partial charge on any atom is 0 e. The molecule has 1 radical (unpaired) electrons. The van der Waals surface area contributed by atoms with E-state index in [0.717, 1.165) is 5.56 Å². The van der Waals surface area contributed by atoms with Gasteiger partial charge in [0.2, 0.25) is 0 Å². The van der Waals surface area contributed by atoms with E-state index in [1.807, 2.05) is 0 Å². The molecule has 0 amide bonds. The summed E-state index contributed by atoms with van der Waals surface area (Å²) in [7, 11) is 0. The maximum atomic E-state index is 5.31. The van der Waals surface area contributed by atoms with Crippen molar-refractivity contribution in [3.63, 3.8) is 0 Å². The van der Waals surface area contributed by atoms with Gasteiger partial charge < -0.3 is 12.7 Å². The Kier molecular flexibility index (Phi) is 4.67. The first kappa shape index (κ1) is 10.5. The second kappa shape index (κ2) is 4.43. The molecule has 10 heavy (non-hydrogen) atoms. The molecule has 51 valence electrons. The average molecular weight is 225 g/mol. The van der Waals surface area contributed by atoms with Crippen molar-refractivity contribution < 1.29 is 32.7 Å². The van der Waals surface area contributed by atoms with Crippen LogP contribution in [0.1, 0.15) is 16.0 Å². The van der Waals surface area contributed by atoms with Gasteiger partial charge in [0.25, 0.3) is 0 Å². The van der Waals surface area contributed by atoms with Crippen LogP contribution in [0.25, 0.3) is 6.08 Å². The molecule has 2 heteroatoms. The maximum absolute atomic E-state index is 5.31. The third-order valence-electron chi connectivity index (χ3n) is 1.41. The Labute approximate surface area is 91.2 Å². The molecule has 0 aliphatic rings. The zero-order chi connectivity index (χ0) is 6.85. The minimum absolute atomic E-state index is 0. The van der Waals surface area contributed by atoms with Crippen molar-refractivity contribution in [1.82, 2.24) is 0 Å². The summed E-state index contributed by atoms with van der Waals surface area (Å²) in [5.74, 6) is 0. The summed E-state index contributed by atoms with van der Waals surface area (Å²) in [6, 6.07) is 0. The van der Waals surface area contributed by atoms with Crippen LogP contribution in [0.5, 0.6) is 0 Å². The molecule has 0 aromatic carbocycles. The van der Waals surface area contributed by atoms with Crippen molar-refractivity contribution in [2.24, 2.45) is 0 Å². The molecule has 1 rings (SSSR count). The first-order valence-corrected chi connectivity index (χ1v) is 3.60. The quantitative estimate of drug-likeness (QED) is 0.644. The van der Waals surface area contributed by atoms with Gasteiger partial charge in [-0.05, 0) is 0 Å². The zero-order valence-electron chi connectivity index (χ0n) is 6.14. The van der Waals surface area contributed by atoms with Crippen LogP contribution in [0.4, 0.5) is 0 Å². The Morgan fingerprint density at radius 1 is 1.50 bits per heavy atom. The standard InChI is InChI=1S/C8H8S.Y/c1-4-8-5-9-7(3)6(8)2;/h1,4H,2-3H3;/q-2;. The Balaban J connectivity index is 0.000000810. The van der Waals surface area contributed by atoms with Crippen molar-refractivity contribution in [2.45, 2.75) is 13.8 Å². The van der Waals surface area contributed by atoms with Crippen LogP contribution >= 0.6 is 11.3 Å². The third-order valence-corrected chi connectivity index (χ3v) is 2.35. The van der Waals surface area contributed by atoms with Crippen LogP contribution in [-0.4, -0.2) is 0 Å². The van der Waals surface area contributed by atoms with Gasteiger partial charge in [0, 0.05) is 32.7 Å². The minimum atomic E-state index is 0. The van der Waals surface area contributed by atoms with Crippen LogP contribution in [-0.2, 0) is 32.7 Å². The molecule has 0 spiro atoms. The molecule has 1 aromatic rings. The number of hydrogen-bond acceptors (Lipinski definition) is 1. The van der Waals surface area contributed by atoms with Gasteiger partial charge in [-0.3, -0.25) is 16.9 Å². The van der Waals surface area contributed by atoms with Gasteiger partial charge in [0.05, 0.1) is 0 Å². The molecule has 0 fully saturated rings.